The Labute approximate surface area is 136 Å². The molecule has 0 radical (unpaired) electrons. The van der Waals surface area contributed by atoms with Crippen molar-refractivity contribution in [3.05, 3.63) is 40.9 Å². The van der Waals surface area contributed by atoms with Crippen LogP contribution >= 0.6 is 15.9 Å². The predicted molar refractivity (Wildman–Crippen MR) is 85.2 cm³/mol. The summed E-state index contributed by atoms with van der Waals surface area (Å²) in [5, 5.41) is 12.5. The number of carbonyl (C=O) groups is 2. The second kappa shape index (κ2) is 4.69. The number of rotatable bonds is 3. The fourth-order valence-corrected chi connectivity index (χ4v) is 4.71. The smallest absolute Gasteiger partial charge is 0.307 e. The van der Waals surface area contributed by atoms with Crippen molar-refractivity contribution in [1.82, 2.24) is 0 Å². The highest BCUT2D eigenvalue weighted by molar-refractivity contribution is 9.10. The quantitative estimate of drug-likeness (QED) is 0.811. The van der Waals surface area contributed by atoms with E-state index < -0.39 is 17.8 Å². The van der Waals surface area contributed by atoms with Crippen molar-refractivity contribution in [3.63, 3.8) is 0 Å². The molecule has 4 rings (SSSR count). The molecule has 0 unspecified atom stereocenters. The van der Waals surface area contributed by atoms with Crippen molar-refractivity contribution in [2.75, 3.05) is 5.32 Å². The van der Waals surface area contributed by atoms with Crippen molar-refractivity contribution in [2.24, 2.45) is 29.1 Å². The highest BCUT2D eigenvalue weighted by Gasteiger charge is 2.70. The van der Waals surface area contributed by atoms with Crippen molar-refractivity contribution in [3.8, 4) is 0 Å². The van der Waals surface area contributed by atoms with Gasteiger partial charge in [0.15, 0.2) is 0 Å². The van der Waals surface area contributed by atoms with Crippen LogP contribution in [-0.4, -0.2) is 17.0 Å². The topological polar surface area (TPSA) is 66.4 Å². The first-order valence-electron chi connectivity index (χ1n) is 7.50. The molecule has 2 N–H and O–H groups in total. The van der Waals surface area contributed by atoms with E-state index in [0.717, 1.165) is 17.3 Å². The number of halogens is 1. The molecule has 0 heterocycles. The number of allylic oxidation sites excluding steroid dienone is 2. The third kappa shape index (κ3) is 1.88. The van der Waals surface area contributed by atoms with Gasteiger partial charge < -0.3 is 10.4 Å². The van der Waals surface area contributed by atoms with Crippen molar-refractivity contribution in [2.45, 2.75) is 12.8 Å². The van der Waals surface area contributed by atoms with E-state index in [4.69, 9.17) is 0 Å². The minimum absolute atomic E-state index is 0.0238. The number of aliphatic carboxylic acids is 1. The molecule has 3 aliphatic rings. The summed E-state index contributed by atoms with van der Waals surface area (Å²) in [7, 11) is 0. The van der Waals surface area contributed by atoms with Gasteiger partial charge in [0.2, 0.25) is 5.91 Å². The first-order valence-corrected chi connectivity index (χ1v) is 8.30. The Morgan fingerprint density at radius 2 is 1.68 bits per heavy atom. The molecule has 0 aliphatic heterocycles. The van der Waals surface area contributed by atoms with E-state index in [2.05, 4.69) is 27.3 Å². The van der Waals surface area contributed by atoms with E-state index in [-0.39, 0.29) is 23.2 Å². The van der Waals surface area contributed by atoms with Gasteiger partial charge in [-0.2, -0.15) is 0 Å². The number of benzene rings is 1. The van der Waals surface area contributed by atoms with Crippen LogP contribution in [0.1, 0.15) is 12.8 Å². The molecule has 1 aromatic rings. The van der Waals surface area contributed by atoms with Crippen LogP contribution in [0.5, 0.6) is 0 Å². The summed E-state index contributed by atoms with van der Waals surface area (Å²) in [6.07, 6.45) is 6.19. The Morgan fingerprint density at radius 1 is 1.09 bits per heavy atom. The zero-order chi connectivity index (χ0) is 15.5. The molecule has 1 spiro atoms. The first kappa shape index (κ1) is 14.0. The van der Waals surface area contributed by atoms with Gasteiger partial charge in [-0.1, -0.05) is 28.1 Å². The largest absolute Gasteiger partial charge is 0.481 e. The summed E-state index contributed by atoms with van der Waals surface area (Å²) < 4.78 is 0.939. The highest BCUT2D eigenvalue weighted by atomic mass is 79.9. The molecule has 3 aliphatic carbocycles. The fraction of sp³-hybridized carbons (Fsp3) is 0.412. The summed E-state index contributed by atoms with van der Waals surface area (Å²) >= 11 is 3.36. The normalized spacial score (nSPS) is 33.1. The van der Waals surface area contributed by atoms with E-state index >= 15 is 0 Å². The second-order valence-corrected chi connectivity index (χ2v) is 7.47. The van der Waals surface area contributed by atoms with Gasteiger partial charge in [0, 0.05) is 10.2 Å². The number of anilines is 1. The molecule has 0 saturated heterocycles. The number of amides is 1. The van der Waals surface area contributed by atoms with Crippen molar-refractivity contribution >= 4 is 33.5 Å². The standard InChI is InChI=1S/C17H16BrNO3/c18-9-1-3-10(4-2-9)19-15(20)13-11-5-6-12(14(13)16(21)22)17(11)7-8-17/h1-6,11-14H,7-8H2,(H,19,20)(H,21,22)/t11-,12+,13-,14+/m1/s1. The lowest BCUT2D eigenvalue weighted by Crippen LogP contribution is -2.36. The average Bonchev–Trinajstić information content (AvgIpc) is 3.15. The minimum Gasteiger partial charge on any atom is -0.481 e. The van der Waals surface area contributed by atoms with Gasteiger partial charge in [-0.25, -0.2) is 0 Å². The molecule has 22 heavy (non-hydrogen) atoms. The zero-order valence-electron chi connectivity index (χ0n) is 11.8. The fourth-order valence-electron chi connectivity index (χ4n) is 4.45. The Morgan fingerprint density at radius 3 is 2.23 bits per heavy atom. The highest BCUT2D eigenvalue weighted by Crippen LogP contribution is 2.72. The average molecular weight is 362 g/mol. The molecule has 2 bridgehead atoms. The zero-order valence-corrected chi connectivity index (χ0v) is 13.4. The number of hydrogen-bond donors (Lipinski definition) is 2. The van der Waals surface area contributed by atoms with E-state index in [1.807, 2.05) is 30.3 Å². The lowest BCUT2D eigenvalue weighted by Gasteiger charge is -2.23. The van der Waals surface area contributed by atoms with Crippen LogP contribution < -0.4 is 5.32 Å². The van der Waals surface area contributed by atoms with Crippen LogP contribution in [0.25, 0.3) is 0 Å². The maximum atomic E-state index is 12.7. The number of carboxylic acids is 1. The monoisotopic (exact) mass is 361 g/mol. The van der Waals surface area contributed by atoms with E-state index in [0.29, 0.717) is 5.69 Å². The van der Waals surface area contributed by atoms with Crippen LogP contribution in [0.4, 0.5) is 5.69 Å². The maximum Gasteiger partial charge on any atom is 0.307 e. The van der Waals surface area contributed by atoms with Crippen LogP contribution in [0.15, 0.2) is 40.9 Å². The molecule has 1 aromatic carbocycles. The SMILES string of the molecule is O=C(O)[C@@H]1[C@H](C(=O)Nc2ccc(Br)cc2)[C@H]2C=C[C@@H]1C21CC1. The van der Waals surface area contributed by atoms with Crippen LogP contribution in [0.2, 0.25) is 0 Å². The Bertz CT molecular complexity index is 678. The summed E-state index contributed by atoms with van der Waals surface area (Å²) in [4.78, 5) is 24.4. The maximum absolute atomic E-state index is 12.7. The molecule has 2 fully saturated rings. The third-order valence-corrected chi connectivity index (χ3v) is 6.07. The van der Waals surface area contributed by atoms with Crippen LogP contribution in [0, 0.1) is 29.1 Å². The van der Waals surface area contributed by atoms with E-state index in [9.17, 15) is 14.7 Å². The molecule has 4 nitrogen and oxygen atoms in total. The molecule has 114 valence electrons. The molecular weight excluding hydrogens is 346 g/mol. The Balaban J connectivity index is 1.60. The van der Waals surface area contributed by atoms with Crippen LogP contribution in [-0.2, 0) is 9.59 Å². The van der Waals surface area contributed by atoms with Gasteiger partial charge in [-0.3, -0.25) is 9.59 Å². The molecule has 1 amide bonds. The number of hydrogen-bond acceptors (Lipinski definition) is 2. The molecule has 2 saturated carbocycles. The van der Waals surface area contributed by atoms with E-state index in [1.54, 1.807) is 0 Å². The predicted octanol–water partition coefficient (Wildman–Crippen LogP) is 3.30. The lowest BCUT2D eigenvalue weighted by atomic mass is 9.82. The Hall–Kier alpha value is -1.62. The van der Waals surface area contributed by atoms with E-state index in [1.165, 1.54) is 0 Å². The number of nitrogens with one attached hydrogen (secondary N) is 1. The van der Waals surface area contributed by atoms with Crippen LogP contribution in [0.3, 0.4) is 0 Å². The van der Waals surface area contributed by atoms with Crippen molar-refractivity contribution in [1.29, 1.82) is 0 Å². The summed E-state index contributed by atoms with van der Waals surface area (Å²) in [6.45, 7) is 0. The number of carboxylic acid groups (broad SMARTS) is 1. The van der Waals surface area contributed by atoms with Gasteiger partial charge in [0.05, 0.1) is 11.8 Å². The lowest BCUT2D eigenvalue weighted by molar-refractivity contribution is -0.146. The first-order chi connectivity index (χ1) is 10.5. The summed E-state index contributed by atoms with van der Waals surface area (Å²) in [5.41, 5.74) is 0.763. The van der Waals surface area contributed by atoms with Gasteiger partial charge in [0.25, 0.3) is 0 Å². The number of carbonyl (C=O) groups excluding carboxylic acids is 1. The van der Waals surface area contributed by atoms with Gasteiger partial charge in [-0.05, 0) is 54.4 Å². The summed E-state index contributed by atoms with van der Waals surface area (Å²) in [6, 6.07) is 7.34. The minimum atomic E-state index is -0.848. The van der Waals surface area contributed by atoms with Gasteiger partial charge in [0.1, 0.15) is 0 Å². The molecule has 4 atom stereocenters. The molecular formula is C17H16BrNO3. The van der Waals surface area contributed by atoms with Gasteiger partial charge >= 0.3 is 5.97 Å². The molecule has 5 heteroatoms. The molecule has 0 aromatic heterocycles. The Kier molecular flexibility index (Phi) is 2.98. The third-order valence-electron chi connectivity index (χ3n) is 5.54. The second-order valence-electron chi connectivity index (χ2n) is 6.56. The van der Waals surface area contributed by atoms with Gasteiger partial charge in [-0.15, -0.1) is 0 Å². The summed E-state index contributed by atoms with van der Waals surface area (Å²) in [5.74, 6) is -1.96. The van der Waals surface area contributed by atoms with Crippen molar-refractivity contribution < 1.29 is 14.7 Å².